The summed E-state index contributed by atoms with van der Waals surface area (Å²) in [6.45, 7) is 4.07. The minimum absolute atomic E-state index is 0.200. The van der Waals surface area contributed by atoms with Crippen LogP contribution in [0.5, 0.6) is 0 Å². The molecule has 3 heteroatoms. The topological polar surface area (TPSA) is 23.6 Å². The Kier molecular flexibility index (Phi) is 3.78. The van der Waals surface area contributed by atoms with Gasteiger partial charge in [0, 0.05) is 18.8 Å². The Hall–Kier alpha value is -1.35. The van der Waals surface area contributed by atoms with Gasteiger partial charge in [-0.05, 0) is 44.5 Å². The number of fused-ring (bicyclic) bond motifs is 2. The quantitative estimate of drug-likeness (QED) is 0.849. The lowest BCUT2D eigenvalue weighted by Crippen LogP contribution is -2.41. The van der Waals surface area contributed by atoms with Crippen molar-refractivity contribution in [2.75, 3.05) is 32.1 Å². The second-order valence-corrected chi connectivity index (χ2v) is 7.09. The maximum atomic E-state index is 13.1. The molecule has 1 heterocycles. The van der Waals surface area contributed by atoms with Gasteiger partial charge < -0.3 is 9.80 Å². The molecule has 2 aliphatic rings. The molecular weight excluding hydrogens is 260 g/mol. The third-order valence-electron chi connectivity index (χ3n) is 4.99. The number of rotatable bonds is 4. The van der Waals surface area contributed by atoms with E-state index in [0.29, 0.717) is 11.8 Å². The van der Waals surface area contributed by atoms with Gasteiger partial charge >= 0.3 is 0 Å². The van der Waals surface area contributed by atoms with Crippen LogP contribution in [-0.2, 0) is 10.2 Å². The van der Waals surface area contributed by atoms with Crippen molar-refractivity contribution in [2.45, 2.75) is 38.0 Å². The number of amides is 1. The molecule has 21 heavy (non-hydrogen) atoms. The number of para-hydroxylation sites is 1. The number of anilines is 1. The number of carbonyl (C=O) groups excluding carboxylic acids is 1. The van der Waals surface area contributed by atoms with E-state index in [2.05, 4.69) is 55.1 Å². The molecule has 1 spiro atoms. The first-order valence-corrected chi connectivity index (χ1v) is 8.11. The predicted octanol–water partition coefficient (Wildman–Crippen LogP) is 3.04. The van der Waals surface area contributed by atoms with E-state index in [-0.39, 0.29) is 5.41 Å². The van der Waals surface area contributed by atoms with Gasteiger partial charge in [0.25, 0.3) is 0 Å². The molecule has 1 unspecified atom stereocenters. The second kappa shape index (κ2) is 5.45. The molecule has 1 fully saturated rings. The van der Waals surface area contributed by atoms with E-state index >= 15 is 0 Å². The van der Waals surface area contributed by atoms with E-state index in [0.717, 1.165) is 31.6 Å². The van der Waals surface area contributed by atoms with Gasteiger partial charge in [-0.15, -0.1) is 0 Å². The highest BCUT2D eigenvalue weighted by atomic mass is 16.2. The lowest BCUT2D eigenvalue weighted by Gasteiger charge is -2.26. The number of benzene rings is 1. The van der Waals surface area contributed by atoms with Gasteiger partial charge in [-0.3, -0.25) is 4.79 Å². The van der Waals surface area contributed by atoms with Gasteiger partial charge in [-0.2, -0.15) is 0 Å². The third kappa shape index (κ3) is 2.38. The van der Waals surface area contributed by atoms with E-state index in [1.807, 2.05) is 0 Å². The molecule has 0 saturated heterocycles. The molecule has 3 nitrogen and oxygen atoms in total. The molecule has 3 rings (SSSR count). The highest BCUT2D eigenvalue weighted by Gasteiger charge is 2.51. The molecular formula is C18H26N2O. The van der Waals surface area contributed by atoms with Gasteiger partial charge in [-0.1, -0.05) is 38.0 Å². The maximum absolute atomic E-state index is 13.1. The standard InChI is InChI=1S/C18H26N2O/c1-14(12-19(2)3)13-20-16-9-5-4-8-15(16)18(17(20)21)10-6-7-11-18/h4-5,8-9,14H,6-7,10-13H2,1-3H3. The summed E-state index contributed by atoms with van der Waals surface area (Å²) in [4.78, 5) is 17.4. The van der Waals surface area contributed by atoms with Crippen LogP contribution in [0.15, 0.2) is 24.3 Å². The first-order chi connectivity index (χ1) is 10.0. The van der Waals surface area contributed by atoms with Crippen LogP contribution < -0.4 is 4.90 Å². The fourth-order valence-corrected chi connectivity index (χ4v) is 4.23. The Morgan fingerprint density at radius 1 is 1.24 bits per heavy atom. The zero-order chi connectivity index (χ0) is 15.0. The van der Waals surface area contributed by atoms with Gasteiger partial charge in [0.1, 0.15) is 0 Å². The van der Waals surface area contributed by atoms with Crippen LogP contribution in [-0.4, -0.2) is 38.0 Å². The molecule has 1 saturated carbocycles. The summed E-state index contributed by atoms with van der Waals surface area (Å²) in [6, 6.07) is 8.44. The summed E-state index contributed by atoms with van der Waals surface area (Å²) in [6.07, 6.45) is 4.42. The van der Waals surface area contributed by atoms with Crippen molar-refractivity contribution in [1.82, 2.24) is 4.90 Å². The van der Waals surface area contributed by atoms with Crippen LogP contribution in [0.3, 0.4) is 0 Å². The average molecular weight is 286 g/mol. The van der Waals surface area contributed by atoms with E-state index < -0.39 is 0 Å². The van der Waals surface area contributed by atoms with Gasteiger partial charge in [0.2, 0.25) is 5.91 Å². The summed E-state index contributed by atoms with van der Waals surface area (Å²) < 4.78 is 0. The molecule has 1 aliphatic carbocycles. The molecule has 1 aliphatic heterocycles. The van der Waals surface area contributed by atoms with E-state index in [9.17, 15) is 4.79 Å². The summed E-state index contributed by atoms with van der Waals surface area (Å²) in [7, 11) is 4.18. The number of hydrogen-bond acceptors (Lipinski definition) is 2. The second-order valence-electron chi connectivity index (χ2n) is 7.09. The summed E-state index contributed by atoms with van der Waals surface area (Å²) in [5.74, 6) is 0.834. The SMILES string of the molecule is CC(CN(C)C)CN1C(=O)C2(CCCC2)c2ccccc21. The first-order valence-electron chi connectivity index (χ1n) is 8.11. The molecule has 1 aromatic carbocycles. The van der Waals surface area contributed by atoms with Crippen LogP contribution in [0, 0.1) is 5.92 Å². The fourth-order valence-electron chi connectivity index (χ4n) is 4.23. The lowest BCUT2D eigenvalue weighted by atomic mass is 9.80. The zero-order valence-electron chi connectivity index (χ0n) is 13.4. The highest BCUT2D eigenvalue weighted by molar-refractivity contribution is 6.08. The van der Waals surface area contributed by atoms with Crippen molar-refractivity contribution in [3.8, 4) is 0 Å². The van der Waals surface area contributed by atoms with Crippen LogP contribution in [0.4, 0.5) is 5.69 Å². The number of nitrogens with zero attached hydrogens (tertiary/aromatic N) is 2. The fraction of sp³-hybridized carbons (Fsp3) is 0.611. The van der Waals surface area contributed by atoms with Gasteiger partial charge in [0.05, 0.1) is 5.41 Å². The zero-order valence-corrected chi connectivity index (χ0v) is 13.4. The van der Waals surface area contributed by atoms with Crippen LogP contribution in [0.2, 0.25) is 0 Å². The van der Waals surface area contributed by atoms with E-state index in [1.165, 1.54) is 18.4 Å². The van der Waals surface area contributed by atoms with Crippen LogP contribution in [0.1, 0.15) is 38.2 Å². The van der Waals surface area contributed by atoms with Crippen molar-refractivity contribution in [2.24, 2.45) is 5.92 Å². The third-order valence-corrected chi connectivity index (χ3v) is 4.99. The average Bonchev–Trinajstić information content (AvgIpc) is 3.00. The Balaban J connectivity index is 1.90. The minimum atomic E-state index is -0.200. The van der Waals surface area contributed by atoms with Crippen molar-refractivity contribution in [3.63, 3.8) is 0 Å². The molecule has 114 valence electrons. The molecule has 1 aromatic rings. The molecule has 0 aromatic heterocycles. The molecule has 0 radical (unpaired) electrons. The van der Waals surface area contributed by atoms with Crippen molar-refractivity contribution < 1.29 is 4.79 Å². The van der Waals surface area contributed by atoms with Crippen molar-refractivity contribution in [3.05, 3.63) is 29.8 Å². The molecule has 1 amide bonds. The van der Waals surface area contributed by atoms with Crippen LogP contribution >= 0.6 is 0 Å². The molecule has 1 atom stereocenters. The summed E-state index contributed by atoms with van der Waals surface area (Å²) in [5, 5.41) is 0. The smallest absolute Gasteiger partial charge is 0.237 e. The Labute approximate surface area is 127 Å². The van der Waals surface area contributed by atoms with Crippen molar-refractivity contribution >= 4 is 11.6 Å². The summed E-state index contributed by atoms with van der Waals surface area (Å²) >= 11 is 0. The van der Waals surface area contributed by atoms with E-state index in [1.54, 1.807) is 0 Å². The van der Waals surface area contributed by atoms with Gasteiger partial charge in [-0.25, -0.2) is 0 Å². The number of hydrogen-bond donors (Lipinski definition) is 0. The Morgan fingerprint density at radius 2 is 1.90 bits per heavy atom. The minimum Gasteiger partial charge on any atom is -0.311 e. The molecule has 0 N–H and O–H groups in total. The lowest BCUT2D eigenvalue weighted by molar-refractivity contribution is -0.123. The van der Waals surface area contributed by atoms with Crippen LogP contribution in [0.25, 0.3) is 0 Å². The highest BCUT2D eigenvalue weighted by Crippen LogP contribution is 2.51. The normalized spacial score (nSPS) is 21.3. The van der Waals surface area contributed by atoms with Gasteiger partial charge in [0.15, 0.2) is 0 Å². The predicted molar refractivity (Wildman–Crippen MR) is 86.7 cm³/mol. The van der Waals surface area contributed by atoms with Crippen molar-refractivity contribution in [1.29, 1.82) is 0 Å². The monoisotopic (exact) mass is 286 g/mol. The Bertz CT molecular complexity index is 532. The molecule has 0 bridgehead atoms. The maximum Gasteiger partial charge on any atom is 0.237 e. The largest absolute Gasteiger partial charge is 0.311 e. The number of carbonyl (C=O) groups is 1. The first kappa shape index (κ1) is 14.6. The Morgan fingerprint density at radius 3 is 2.57 bits per heavy atom. The van der Waals surface area contributed by atoms with E-state index in [4.69, 9.17) is 0 Å². The summed E-state index contributed by atoms with van der Waals surface area (Å²) in [5.41, 5.74) is 2.24.